The number of rotatable bonds is 4. The minimum atomic E-state index is -0.113. The second kappa shape index (κ2) is 7.06. The van der Waals surface area contributed by atoms with Crippen molar-refractivity contribution in [3.05, 3.63) is 87.9 Å². The van der Waals surface area contributed by atoms with E-state index in [9.17, 15) is 4.79 Å². The van der Waals surface area contributed by atoms with E-state index in [1.54, 1.807) is 12.4 Å². The Balaban J connectivity index is 1.54. The first-order chi connectivity index (χ1) is 14.2. The largest absolute Gasteiger partial charge is 0.274 e. The van der Waals surface area contributed by atoms with Crippen LogP contribution in [0.15, 0.2) is 71.8 Å². The summed E-state index contributed by atoms with van der Waals surface area (Å²) in [4.78, 5) is 17.1. The molecule has 5 rings (SSSR count). The van der Waals surface area contributed by atoms with E-state index in [1.165, 1.54) is 4.68 Å². The Morgan fingerprint density at radius 1 is 1.00 bits per heavy atom. The molecule has 3 heterocycles. The Hall–Kier alpha value is -3.65. The lowest BCUT2D eigenvalue weighted by Gasteiger charge is -2.10. The van der Waals surface area contributed by atoms with E-state index < -0.39 is 0 Å². The summed E-state index contributed by atoms with van der Waals surface area (Å²) in [5, 5.41) is 14.0. The average molecular weight is 400 g/mol. The fourth-order valence-electron chi connectivity index (χ4n) is 3.52. The van der Waals surface area contributed by atoms with Gasteiger partial charge >= 0.3 is 0 Å². The van der Waals surface area contributed by atoms with Gasteiger partial charge in [0.2, 0.25) is 0 Å². The molecule has 5 aromatic rings. The van der Waals surface area contributed by atoms with Gasteiger partial charge < -0.3 is 0 Å². The zero-order valence-electron chi connectivity index (χ0n) is 15.3. The summed E-state index contributed by atoms with van der Waals surface area (Å²) in [6.45, 7) is 0.395. The summed E-state index contributed by atoms with van der Waals surface area (Å²) in [5.41, 5.74) is 1.67. The third kappa shape index (κ3) is 3.03. The molecular weight excluding hydrogens is 384 g/mol. The fraction of sp³-hybridized carbons (Fsp3) is 0.0952. The SMILES string of the molecule is O=c1c2ccccc2cnn1CCc1n[nH]c(=S)n1-c1cccc2ncccc12. The number of aromatic nitrogens is 6. The molecule has 0 amide bonds. The van der Waals surface area contributed by atoms with Gasteiger partial charge in [0.15, 0.2) is 4.77 Å². The molecule has 29 heavy (non-hydrogen) atoms. The van der Waals surface area contributed by atoms with Crippen LogP contribution >= 0.6 is 12.2 Å². The summed E-state index contributed by atoms with van der Waals surface area (Å²) in [6.07, 6.45) is 3.97. The molecule has 3 aromatic heterocycles. The highest BCUT2D eigenvalue weighted by atomic mass is 32.1. The molecule has 0 spiro atoms. The van der Waals surface area contributed by atoms with Crippen LogP contribution in [-0.2, 0) is 13.0 Å². The van der Waals surface area contributed by atoms with Crippen LogP contribution in [0, 0.1) is 4.77 Å². The van der Waals surface area contributed by atoms with Crippen molar-refractivity contribution >= 4 is 33.9 Å². The third-order valence-electron chi connectivity index (χ3n) is 4.91. The lowest BCUT2D eigenvalue weighted by atomic mass is 10.2. The molecule has 0 aliphatic rings. The molecular formula is C21H16N6OS. The number of fused-ring (bicyclic) bond motifs is 2. The first-order valence-electron chi connectivity index (χ1n) is 9.18. The molecule has 7 nitrogen and oxygen atoms in total. The highest BCUT2D eigenvalue weighted by Gasteiger charge is 2.13. The second-order valence-corrected chi connectivity index (χ2v) is 7.02. The molecule has 0 unspecified atom stereocenters. The van der Waals surface area contributed by atoms with E-state index in [0.717, 1.165) is 27.8 Å². The van der Waals surface area contributed by atoms with E-state index in [1.807, 2.05) is 59.2 Å². The Bertz CT molecular complexity index is 1460. The molecule has 142 valence electrons. The van der Waals surface area contributed by atoms with E-state index in [0.29, 0.717) is 23.1 Å². The van der Waals surface area contributed by atoms with Gasteiger partial charge in [-0.2, -0.15) is 10.2 Å². The zero-order valence-corrected chi connectivity index (χ0v) is 16.1. The Labute approximate surface area is 170 Å². The van der Waals surface area contributed by atoms with Gasteiger partial charge in [-0.25, -0.2) is 4.68 Å². The standard InChI is InChI=1S/C21H16N6OS/c28-20-15-6-2-1-5-14(15)13-23-26(20)12-10-19-24-25-21(29)27(19)18-9-3-8-17-16(18)7-4-11-22-17/h1-9,11,13H,10,12H2,(H,25,29). The number of aryl methyl sites for hydroxylation is 2. The predicted molar refractivity (Wildman–Crippen MR) is 114 cm³/mol. The number of nitrogens with zero attached hydrogens (tertiary/aromatic N) is 5. The topological polar surface area (TPSA) is 81.4 Å². The van der Waals surface area contributed by atoms with Crippen LogP contribution in [0.2, 0.25) is 0 Å². The van der Waals surface area contributed by atoms with Gasteiger partial charge in [-0.1, -0.05) is 24.3 Å². The molecule has 0 bridgehead atoms. The van der Waals surface area contributed by atoms with Crippen molar-refractivity contribution in [1.82, 2.24) is 29.5 Å². The van der Waals surface area contributed by atoms with Crippen molar-refractivity contribution in [2.75, 3.05) is 0 Å². The average Bonchev–Trinajstić information content (AvgIpc) is 3.13. The number of hydrogen-bond donors (Lipinski definition) is 1. The molecule has 0 aliphatic carbocycles. The van der Waals surface area contributed by atoms with Crippen molar-refractivity contribution in [3.63, 3.8) is 0 Å². The number of aromatic amines is 1. The second-order valence-electron chi connectivity index (χ2n) is 6.64. The van der Waals surface area contributed by atoms with Crippen molar-refractivity contribution < 1.29 is 0 Å². The maximum atomic E-state index is 12.7. The van der Waals surface area contributed by atoms with Crippen LogP contribution in [0.1, 0.15) is 5.82 Å². The number of pyridine rings is 1. The van der Waals surface area contributed by atoms with Gasteiger partial charge in [-0.05, 0) is 42.5 Å². The van der Waals surface area contributed by atoms with Crippen LogP contribution in [0.4, 0.5) is 0 Å². The first-order valence-corrected chi connectivity index (χ1v) is 9.58. The van der Waals surface area contributed by atoms with Crippen LogP contribution in [0.25, 0.3) is 27.4 Å². The smallest absolute Gasteiger partial charge is 0.271 e. The van der Waals surface area contributed by atoms with Crippen molar-refractivity contribution in [2.45, 2.75) is 13.0 Å². The van der Waals surface area contributed by atoms with Crippen molar-refractivity contribution in [1.29, 1.82) is 0 Å². The number of H-pyrrole nitrogens is 1. The highest BCUT2D eigenvalue weighted by Crippen LogP contribution is 2.22. The molecule has 0 atom stereocenters. The quantitative estimate of drug-likeness (QED) is 0.468. The van der Waals surface area contributed by atoms with Crippen LogP contribution in [0.5, 0.6) is 0 Å². The zero-order chi connectivity index (χ0) is 19.8. The lowest BCUT2D eigenvalue weighted by molar-refractivity contribution is 0.568. The minimum Gasteiger partial charge on any atom is -0.271 e. The van der Waals surface area contributed by atoms with E-state index in [4.69, 9.17) is 12.2 Å². The Kier molecular flexibility index (Phi) is 4.25. The van der Waals surface area contributed by atoms with Crippen LogP contribution in [-0.4, -0.2) is 29.5 Å². The predicted octanol–water partition coefficient (Wildman–Crippen LogP) is 3.43. The fourth-order valence-corrected chi connectivity index (χ4v) is 3.77. The summed E-state index contributed by atoms with van der Waals surface area (Å²) >= 11 is 5.48. The van der Waals surface area contributed by atoms with Crippen LogP contribution < -0.4 is 5.56 Å². The number of nitrogens with one attached hydrogen (secondary N) is 1. The molecule has 2 aromatic carbocycles. The monoisotopic (exact) mass is 400 g/mol. The van der Waals surface area contributed by atoms with Crippen molar-refractivity contribution in [3.8, 4) is 5.69 Å². The van der Waals surface area contributed by atoms with Gasteiger partial charge in [0.05, 0.1) is 29.3 Å². The van der Waals surface area contributed by atoms with Gasteiger partial charge in [-0.3, -0.25) is 19.4 Å². The van der Waals surface area contributed by atoms with Gasteiger partial charge in [0, 0.05) is 23.4 Å². The summed E-state index contributed by atoms with van der Waals surface area (Å²) in [7, 11) is 0. The normalized spacial score (nSPS) is 11.3. The molecule has 0 saturated heterocycles. The molecule has 0 radical (unpaired) electrons. The van der Waals surface area contributed by atoms with E-state index >= 15 is 0 Å². The van der Waals surface area contributed by atoms with E-state index in [-0.39, 0.29) is 5.56 Å². The first kappa shape index (κ1) is 17.4. The number of hydrogen-bond acceptors (Lipinski definition) is 5. The Morgan fingerprint density at radius 2 is 1.86 bits per heavy atom. The molecule has 0 fully saturated rings. The summed E-state index contributed by atoms with van der Waals surface area (Å²) in [5.74, 6) is 0.730. The van der Waals surface area contributed by atoms with E-state index in [2.05, 4.69) is 20.3 Å². The van der Waals surface area contributed by atoms with Crippen LogP contribution in [0.3, 0.4) is 0 Å². The van der Waals surface area contributed by atoms with Gasteiger partial charge in [0.1, 0.15) is 5.82 Å². The summed E-state index contributed by atoms with van der Waals surface area (Å²) in [6, 6.07) is 17.2. The minimum absolute atomic E-state index is 0.113. The third-order valence-corrected chi connectivity index (χ3v) is 5.19. The Morgan fingerprint density at radius 3 is 2.79 bits per heavy atom. The van der Waals surface area contributed by atoms with Gasteiger partial charge in [-0.15, -0.1) is 0 Å². The molecule has 1 N–H and O–H groups in total. The maximum Gasteiger partial charge on any atom is 0.274 e. The lowest BCUT2D eigenvalue weighted by Crippen LogP contribution is -2.24. The molecule has 0 saturated carbocycles. The summed E-state index contributed by atoms with van der Waals surface area (Å²) < 4.78 is 3.86. The number of benzene rings is 2. The highest BCUT2D eigenvalue weighted by molar-refractivity contribution is 7.71. The maximum absolute atomic E-state index is 12.7. The van der Waals surface area contributed by atoms with Gasteiger partial charge in [0.25, 0.3) is 5.56 Å². The van der Waals surface area contributed by atoms with Crippen molar-refractivity contribution in [2.24, 2.45) is 0 Å². The molecule has 8 heteroatoms. The molecule has 0 aliphatic heterocycles.